The van der Waals surface area contributed by atoms with Crippen LogP contribution in [0.15, 0.2) is 22.8 Å². The lowest BCUT2D eigenvalue weighted by molar-refractivity contribution is -0.123. The summed E-state index contributed by atoms with van der Waals surface area (Å²) in [5, 5.41) is 2.74. The van der Waals surface area contributed by atoms with Crippen LogP contribution in [-0.2, 0) is 4.79 Å². The number of amides is 1. The van der Waals surface area contributed by atoms with Crippen LogP contribution < -0.4 is 5.32 Å². The Balaban J connectivity index is 2.75. The third-order valence-corrected chi connectivity index (χ3v) is 2.08. The van der Waals surface area contributed by atoms with Gasteiger partial charge in [0.25, 0.3) is 0 Å². The first-order valence-electron chi connectivity index (χ1n) is 4.33. The molecule has 14 heavy (non-hydrogen) atoms. The van der Waals surface area contributed by atoms with Crippen molar-refractivity contribution in [1.82, 2.24) is 4.98 Å². The second-order valence-electron chi connectivity index (χ2n) is 4.05. The molecular weight excluding hydrogens is 244 g/mol. The largest absolute Gasteiger partial charge is 0.310 e. The predicted molar refractivity (Wildman–Crippen MR) is 60.0 cm³/mol. The van der Waals surface area contributed by atoms with Gasteiger partial charge < -0.3 is 5.32 Å². The number of rotatable bonds is 1. The van der Waals surface area contributed by atoms with E-state index in [-0.39, 0.29) is 5.91 Å². The lowest BCUT2D eigenvalue weighted by atomic mass is 9.96. The Morgan fingerprint density at radius 3 is 2.57 bits per heavy atom. The maximum atomic E-state index is 11.6. The van der Waals surface area contributed by atoms with E-state index in [1.165, 1.54) is 0 Å². The van der Waals surface area contributed by atoms with Crippen LogP contribution in [-0.4, -0.2) is 10.9 Å². The van der Waals surface area contributed by atoms with Gasteiger partial charge in [-0.3, -0.25) is 4.79 Å². The third kappa shape index (κ3) is 3.10. The molecule has 1 aromatic heterocycles. The number of aromatic nitrogens is 1. The molecule has 0 aromatic carbocycles. The van der Waals surface area contributed by atoms with Gasteiger partial charge in [-0.1, -0.05) is 26.8 Å². The van der Waals surface area contributed by atoms with Crippen LogP contribution >= 0.6 is 15.9 Å². The number of carbonyl (C=O) groups excluding carboxylic acids is 1. The molecule has 1 N–H and O–H groups in total. The number of nitrogens with one attached hydrogen (secondary N) is 1. The Hall–Kier alpha value is -0.900. The number of pyridine rings is 1. The number of anilines is 1. The first kappa shape index (κ1) is 11.2. The van der Waals surface area contributed by atoms with E-state index in [0.717, 1.165) is 0 Å². The molecule has 1 amide bonds. The van der Waals surface area contributed by atoms with E-state index < -0.39 is 5.41 Å². The van der Waals surface area contributed by atoms with Crippen LogP contribution in [0.1, 0.15) is 20.8 Å². The molecule has 76 valence electrons. The van der Waals surface area contributed by atoms with Gasteiger partial charge in [0.15, 0.2) is 0 Å². The smallest absolute Gasteiger partial charge is 0.230 e. The molecule has 0 saturated heterocycles. The zero-order valence-corrected chi connectivity index (χ0v) is 10.1. The van der Waals surface area contributed by atoms with E-state index in [4.69, 9.17) is 0 Å². The average molecular weight is 257 g/mol. The monoisotopic (exact) mass is 256 g/mol. The number of nitrogens with zero attached hydrogens (tertiary/aromatic N) is 1. The number of halogens is 1. The Kier molecular flexibility index (Phi) is 3.26. The van der Waals surface area contributed by atoms with Crippen LogP contribution in [0.3, 0.4) is 0 Å². The van der Waals surface area contributed by atoms with Crippen molar-refractivity contribution in [2.24, 2.45) is 5.41 Å². The second-order valence-corrected chi connectivity index (χ2v) is 4.86. The minimum absolute atomic E-state index is 0.0388. The highest BCUT2D eigenvalue weighted by Crippen LogP contribution is 2.17. The fraction of sp³-hybridized carbons (Fsp3) is 0.400. The van der Waals surface area contributed by atoms with Crippen LogP contribution in [0, 0.1) is 5.41 Å². The van der Waals surface area contributed by atoms with Gasteiger partial charge in [0, 0.05) is 5.41 Å². The summed E-state index contributed by atoms with van der Waals surface area (Å²) in [6.07, 6.45) is 0. The Bertz CT molecular complexity index is 344. The Morgan fingerprint density at radius 2 is 2.07 bits per heavy atom. The van der Waals surface area contributed by atoms with Gasteiger partial charge >= 0.3 is 0 Å². The quantitative estimate of drug-likeness (QED) is 0.786. The fourth-order valence-corrected chi connectivity index (χ4v) is 1.13. The van der Waals surface area contributed by atoms with Gasteiger partial charge in [0.2, 0.25) is 5.91 Å². The highest BCUT2D eigenvalue weighted by molar-refractivity contribution is 9.10. The highest BCUT2D eigenvalue weighted by Gasteiger charge is 2.21. The Morgan fingerprint density at radius 1 is 1.43 bits per heavy atom. The molecule has 0 spiro atoms. The van der Waals surface area contributed by atoms with E-state index in [2.05, 4.69) is 26.2 Å². The lowest BCUT2D eigenvalue weighted by Crippen LogP contribution is -2.27. The Labute approximate surface area is 92.1 Å². The SMILES string of the molecule is CC(C)(C)C(=O)Nc1cccc(Br)n1. The minimum atomic E-state index is -0.399. The summed E-state index contributed by atoms with van der Waals surface area (Å²) in [5.74, 6) is 0.530. The van der Waals surface area contributed by atoms with E-state index in [0.29, 0.717) is 10.4 Å². The van der Waals surface area contributed by atoms with E-state index in [1.807, 2.05) is 32.9 Å². The van der Waals surface area contributed by atoms with E-state index in [1.54, 1.807) is 6.07 Å². The van der Waals surface area contributed by atoms with Crippen molar-refractivity contribution in [1.29, 1.82) is 0 Å². The standard InChI is InChI=1S/C10H13BrN2O/c1-10(2,3)9(14)13-8-6-4-5-7(11)12-8/h4-6H,1-3H3,(H,12,13,14). The molecule has 3 nitrogen and oxygen atoms in total. The summed E-state index contributed by atoms with van der Waals surface area (Å²) in [6.45, 7) is 5.58. The summed E-state index contributed by atoms with van der Waals surface area (Å²) in [7, 11) is 0. The van der Waals surface area contributed by atoms with Crippen molar-refractivity contribution in [2.75, 3.05) is 5.32 Å². The van der Waals surface area contributed by atoms with Gasteiger partial charge in [-0.2, -0.15) is 0 Å². The number of hydrogen-bond acceptors (Lipinski definition) is 2. The summed E-state index contributed by atoms with van der Waals surface area (Å²) in [6, 6.07) is 5.40. The molecule has 0 aliphatic rings. The van der Waals surface area contributed by atoms with Gasteiger partial charge in [-0.05, 0) is 28.1 Å². The van der Waals surface area contributed by atoms with Crippen molar-refractivity contribution < 1.29 is 4.79 Å². The fourth-order valence-electron chi connectivity index (χ4n) is 0.782. The molecule has 1 rings (SSSR count). The van der Waals surface area contributed by atoms with Gasteiger partial charge in [0.1, 0.15) is 10.4 Å². The van der Waals surface area contributed by atoms with Crippen LogP contribution in [0.4, 0.5) is 5.82 Å². The molecule has 1 heterocycles. The maximum absolute atomic E-state index is 11.6. The zero-order chi connectivity index (χ0) is 10.8. The first-order chi connectivity index (χ1) is 6.39. The summed E-state index contributed by atoms with van der Waals surface area (Å²) in [5.41, 5.74) is -0.399. The second kappa shape index (κ2) is 4.09. The molecule has 0 aliphatic heterocycles. The van der Waals surface area contributed by atoms with Gasteiger partial charge in [-0.25, -0.2) is 4.98 Å². The van der Waals surface area contributed by atoms with E-state index in [9.17, 15) is 4.79 Å². The minimum Gasteiger partial charge on any atom is -0.310 e. The van der Waals surface area contributed by atoms with E-state index >= 15 is 0 Å². The maximum Gasteiger partial charge on any atom is 0.230 e. The zero-order valence-electron chi connectivity index (χ0n) is 8.47. The van der Waals surface area contributed by atoms with Crippen molar-refractivity contribution in [2.45, 2.75) is 20.8 Å². The highest BCUT2D eigenvalue weighted by atomic mass is 79.9. The third-order valence-electron chi connectivity index (χ3n) is 1.64. The number of hydrogen-bond donors (Lipinski definition) is 1. The molecule has 0 aliphatic carbocycles. The predicted octanol–water partition coefficient (Wildman–Crippen LogP) is 2.83. The molecular formula is C10H13BrN2O. The lowest BCUT2D eigenvalue weighted by Gasteiger charge is -2.17. The van der Waals surface area contributed by atoms with Crippen LogP contribution in [0.2, 0.25) is 0 Å². The topological polar surface area (TPSA) is 42.0 Å². The van der Waals surface area contributed by atoms with Crippen molar-refractivity contribution in [3.8, 4) is 0 Å². The molecule has 0 radical (unpaired) electrons. The molecule has 4 heteroatoms. The van der Waals surface area contributed by atoms with Gasteiger partial charge in [-0.15, -0.1) is 0 Å². The molecule has 0 atom stereocenters. The van der Waals surface area contributed by atoms with Gasteiger partial charge in [0.05, 0.1) is 0 Å². The first-order valence-corrected chi connectivity index (χ1v) is 5.13. The van der Waals surface area contributed by atoms with Crippen molar-refractivity contribution in [3.63, 3.8) is 0 Å². The van der Waals surface area contributed by atoms with Crippen LogP contribution in [0.25, 0.3) is 0 Å². The molecule has 0 fully saturated rings. The van der Waals surface area contributed by atoms with Crippen LogP contribution in [0.5, 0.6) is 0 Å². The summed E-state index contributed by atoms with van der Waals surface area (Å²) in [4.78, 5) is 15.7. The van der Waals surface area contributed by atoms with Crippen molar-refractivity contribution >= 4 is 27.7 Å². The molecule has 0 saturated carbocycles. The molecule has 0 unspecified atom stereocenters. The average Bonchev–Trinajstić information content (AvgIpc) is 2.02. The summed E-state index contributed by atoms with van der Waals surface area (Å²) < 4.78 is 0.712. The number of carbonyl (C=O) groups is 1. The normalized spacial score (nSPS) is 11.1. The molecule has 1 aromatic rings. The molecule has 0 bridgehead atoms. The summed E-state index contributed by atoms with van der Waals surface area (Å²) >= 11 is 3.24. The van der Waals surface area contributed by atoms with Crippen molar-refractivity contribution in [3.05, 3.63) is 22.8 Å².